The van der Waals surface area contributed by atoms with Crippen LogP contribution in [-0.2, 0) is 16.1 Å². The number of anilines is 2. The van der Waals surface area contributed by atoms with E-state index in [1.54, 1.807) is 0 Å². The summed E-state index contributed by atoms with van der Waals surface area (Å²) in [6.45, 7) is 11.1. The molecule has 0 unspecified atom stereocenters. The van der Waals surface area contributed by atoms with Gasteiger partial charge in [0.2, 0.25) is 5.91 Å². The first-order valence-corrected chi connectivity index (χ1v) is 9.78. The van der Waals surface area contributed by atoms with E-state index < -0.39 is 0 Å². The predicted molar refractivity (Wildman–Crippen MR) is 111 cm³/mol. The Bertz CT molecular complexity index is 788. The number of aromatic nitrogens is 2. The number of ether oxygens (including phenoxy) is 1. The van der Waals surface area contributed by atoms with Crippen LogP contribution in [0, 0.1) is 13.8 Å². The van der Waals surface area contributed by atoms with Gasteiger partial charge in [-0.3, -0.25) is 9.69 Å². The standard InChI is InChI=1S/C21H29N5O2/c1-4-26(14-18-12-22-17(3)23-13-18)19-5-6-20(16(2)11-19)24-21(27)15-25-7-9-28-10-8-25/h5-6,11-13H,4,7-10,14-15H2,1-3H3,(H,24,27). The van der Waals surface area contributed by atoms with Gasteiger partial charge < -0.3 is 15.0 Å². The summed E-state index contributed by atoms with van der Waals surface area (Å²) in [4.78, 5) is 25.3. The minimum Gasteiger partial charge on any atom is -0.379 e. The Balaban J connectivity index is 1.63. The number of hydrogen-bond donors (Lipinski definition) is 1. The molecular formula is C21H29N5O2. The maximum Gasteiger partial charge on any atom is 0.238 e. The number of hydrogen-bond acceptors (Lipinski definition) is 6. The van der Waals surface area contributed by atoms with Gasteiger partial charge in [0.1, 0.15) is 5.82 Å². The molecule has 1 N–H and O–H groups in total. The van der Waals surface area contributed by atoms with Gasteiger partial charge in [-0.2, -0.15) is 0 Å². The topological polar surface area (TPSA) is 70.6 Å². The van der Waals surface area contributed by atoms with E-state index in [4.69, 9.17) is 4.74 Å². The van der Waals surface area contributed by atoms with Crippen LogP contribution in [0.5, 0.6) is 0 Å². The third kappa shape index (κ3) is 5.50. The Morgan fingerprint density at radius 2 is 1.93 bits per heavy atom. The van der Waals surface area contributed by atoms with Gasteiger partial charge in [0.25, 0.3) is 0 Å². The number of nitrogens with one attached hydrogen (secondary N) is 1. The van der Waals surface area contributed by atoms with Crippen molar-refractivity contribution in [3.63, 3.8) is 0 Å². The molecule has 0 atom stereocenters. The van der Waals surface area contributed by atoms with E-state index in [9.17, 15) is 4.79 Å². The SMILES string of the molecule is CCN(Cc1cnc(C)nc1)c1ccc(NC(=O)CN2CCOCC2)c(C)c1. The van der Waals surface area contributed by atoms with Crippen LogP contribution in [0.2, 0.25) is 0 Å². The predicted octanol–water partition coefficient (Wildman–Crippen LogP) is 2.39. The van der Waals surface area contributed by atoms with Crippen molar-refractivity contribution in [1.29, 1.82) is 0 Å². The lowest BCUT2D eigenvalue weighted by molar-refractivity contribution is -0.118. The van der Waals surface area contributed by atoms with Crippen molar-refractivity contribution in [3.05, 3.63) is 47.5 Å². The van der Waals surface area contributed by atoms with Gasteiger partial charge in [-0.25, -0.2) is 9.97 Å². The largest absolute Gasteiger partial charge is 0.379 e. The van der Waals surface area contributed by atoms with E-state index >= 15 is 0 Å². The minimum atomic E-state index is 0.0156. The molecular weight excluding hydrogens is 354 g/mol. The lowest BCUT2D eigenvalue weighted by atomic mass is 10.1. The molecule has 2 aromatic rings. The quantitative estimate of drug-likeness (QED) is 0.792. The van der Waals surface area contributed by atoms with E-state index in [2.05, 4.69) is 44.1 Å². The number of benzene rings is 1. The fourth-order valence-corrected chi connectivity index (χ4v) is 3.24. The highest BCUT2D eigenvalue weighted by atomic mass is 16.5. The van der Waals surface area contributed by atoms with Crippen molar-refractivity contribution in [2.24, 2.45) is 0 Å². The fourth-order valence-electron chi connectivity index (χ4n) is 3.24. The number of nitrogens with zero attached hydrogens (tertiary/aromatic N) is 4. The average Bonchev–Trinajstić information content (AvgIpc) is 2.70. The number of aryl methyl sites for hydroxylation is 2. The van der Waals surface area contributed by atoms with Gasteiger partial charge in [-0.05, 0) is 44.5 Å². The molecule has 0 aliphatic carbocycles. The molecule has 1 fully saturated rings. The first-order valence-electron chi connectivity index (χ1n) is 9.78. The third-order valence-electron chi connectivity index (χ3n) is 4.91. The van der Waals surface area contributed by atoms with Crippen molar-refractivity contribution < 1.29 is 9.53 Å². The molecule has 0 saturated carbocycles. The summed E-state index contributed by atoms with van der Waals surface area (Å²) < 4.78 is 5.33. The smallest absolute Gasteiger partial charge is 0.238 e. The molecule has 150 valence electrons. The molecule has 28 heavy (non-hydrogen) atoms. The summed E-state index contributed by atoms with van der Waals surface area (Å²) >= 11 is 0. The maximum atomic E-state index is 12.4. The van der Waals surface area contributed by atoms with Crippen molar-refractivity contribution in [1.82, 2.24) is 14.9 Å². The van der Waals surface area contributed by atoms with Crippen LogP contribution in [0.4, 0.5) is 11.4 Å². The van der Waals surface area contributed by atoms with Crippen molar-refractivity contribution in [3.8, 4) is 0 Å². The molecule has 1 amide bonds. The molecule has 1 aromatic heterocycles. The molecule has 2 heterocycles. The van der Waals surface area contributed by atoms with E-state index in [0.29, 0.717) is 19.8 Å². The highest BCUT2D eigenvalue weighted by Crippen LogP contribution is 2.24. The Morgan fingerprint density at radius 3 is 2.57 bits per heavy atom. The van der Waals surface area contributed by atoms with Crippen LogP contribution in [0.1, 0.15) is 23.9 Å². The van der Waals surface area contributed by atoms with E-state index in [-0.39, 0.29) is 5.91 Å². The Kier molecular flexibility index (Phi) is 6.95. The zero-order chi connectivity index (χ0) is 19.9. The van der Waals surface area contributed by atoms with Crippen LogP contribution in [0.15, 0.2) is 30.6 Å². The molecule has 1 saturated heterocycles. The van der Waals surface area contributed by atoms with Crippen LogP contribution in [-0.4, -0.2) is 60.2 Å². The Morgan fingerprint density at radius 1 is 1.21 bits per heavy atom. The summed E-state index contributed by atoms with van der Waals surface area (Å²) in [5, 5.41) is 3.04. The van der Waals surface area contributed by atoms with Crippen molar-refractivity contribution in [2.45, 2.75) is 27.3 Å². The number of carbonyl (C=O) groups is 1. The zero-order valence-corrected chi connectivity index (χ0v) is 16.9. The molecule has 7 heteroatoms. The van der Waals surface area contributed by atoms with Gasteiger partial charge in [0.15, 0.2) is 0 Å². The van der Waals surface area contributed by atoms with Gasteiger partial charge in [0.05, 0.1) is 19.8 Å². The van der Waals surface area contributed by atoms with E-state index in [0.717, 1.165) is 54.5 Å². The molecule has 1 aromatic carbocycles. The van der Waals surface area contributed by atoms with E-state index in [1.807, 2.05) is 32.3 Å². The van der Waals surface area contributed by atoms with Gasteiger partial charge >= 0.3 is 0 Å². The van der Waals surface area contributed by atoms with Gasteiger partial charge in [-0.1, -0.05) is 0 Å². The van der Waals surface area contributed by atoms with Crippen LogP contribution in [0.3, 0.4) is 0 Å². The number of carbonyl (C=O) groups excluding carboxylic acids is 1. The lowest BCUT2D eigenvalue weighted by Gasteiger charge is -2.26. The molecule has 3 rings (SSSR count). The van der Waals surface area contributed by atoms with Crippen LogP contribution in [0.25, 0.3) is 0 Å². The average molecular weight is 383 g/mol. The Hall–Kier alpha value is -2.51. The van der Waals surface area contributed by atoms with Gasteiger partial charge in [0, 0.05) is 55.5 Å². The van der Waals surface area contributed by atoms with E-state index in [1.165, 1.54) is 0 Å². The second-order valence-corrected chi connectivity index (χ2v) is 7.09. The summed E-state index contributed by atoms with van der Waals surface area (Å²) in [5.74, 6) is 0.793. The zero-order valence-electron chi connectivity index (χ0n) is 16.9. The maximum absolute atomic E-state index is 12.4. The normalized spacial score (nSPS) is 14.7. The molecule has 0 radical (unpaired) electrons. The lowest BCUT2D eigenvalue weighted by Crippen LogP contribution is -2.41. The minimum absolute atomic E-state index is 0.0156. The first kappa shape index (κ1) is 20.2. The molecule has 7 nitrogen and oxygen atoms in total. The number of morpholine rings is 1. The summed E-state index contributed by atoms with van der Waals surface area (Å²) in [6.07, 6.45) is 3.75. The molecule has 0 bridgehead atoms. The number of rotatable bonds is 7. The summed E-state index contributed by atoms with van der Waals surface area (Å²) in [6, 6.07) is 6.15. The molecule has 0 spiro atoms. The summed E-state index contributed by atoms with van der Waals surface area (Å²) in [5.41, 5.74) is 4.10. The van der Waals surface area contributed by atoms with Crippen molar-refractivity contribution >= 4 is 17.3 Å². The third-order valence-corrected chi connectivity index (χ3v) is 4.91. The fraction of sp³-hybridized carbons (Fsp3) is 0.476. The molecule has 1 aliphatic heterocycles. The highest BCUT2D eigenvalue weighted by Gasteiger charge is 2.15. The number of amides is 1. The monoisotopic (exact) mass is 383 g/mol. The summed E-state index contributed by atoms with van der Waals surface area (Å²) in [7, 11) is 0. The second kappa shape index (κ2) is 9.61. The Labute approximate surface area is 166 Å². The first-order chi connectivity index (χ1) is 13.5. The molecule has 1 aliphatic rings. The van der Waals surface area contributed by atoms with Crippen LogP contribution < -0.4 is 10.2 Å². The van der Waals surface area contributed by atoms with Gasteiger partial charge in [-0.15, -0.1) is 0 Å². The highest BCUT2D eigenvalue weighted by molar-refractivity contribution is 5.93. The van der Waals surface area contributed by atoms with Crippen molar-refractivity contribution in [2.75, 3.05) is 49.6 Å². The van der Waals surface area contributed by atoms with Crippen LogP contribution >= 0.6 is 0 Å². The second-order valence-electron chi connectivity index (χ2n) is 7.09.